The molecular formula is C60H61BN2. The van der Waals surface area contributed by atoms with Gasteiger partial charge in [-0.3, -0.25) is 0 Å². The first-order valence-electron chi connectivity index (χ1n) is 23.4. The first-order valence-corrected chi connectivity index (χ1v) is 23.4. The van der Waals surface area contributed by atoms with Gasteiger partial charge in [-0.1, -0.05) is 146 Å². The molecule has 0 bridgehead atoms. The summed E-state index contributed by atoms with van der Waals surface area (Å²) in [6.07, 6.45) is 3.52. The van der Waals surface area contributed by atoms with Crippen LogP contribution in [0.4, 0.5) is 34.1 Å². The van der Waals surface area contributed by atoms with Crippen molar-refractivity contribution in [3.8, 4) is 22.3 Å². The molecule has 0 spiro atoms. The Labute approximate surface area is 377 Å². The predicted molar refractivity (Wildman–Crippen MR) is 272 cm³/mol. The molecule has 7 aromatic carbocycles. The van der Waals surface area contributed by atoms with E-state index in [-0.39, 0.29) is 28.4 Å². The Hall–Kier alpha value is -5.80. The van der Waals surface area contributed by atoms with Gasteiger partial charge in [-0.25, -0.2) is 0 Å². The van der Waals surface area contributed by atoms with Gasteiger partial charge in [-0.15, -0.1) is 0 Å². The minimum absolute atomic E-state index is 0.0555. The number of aryl methyl sites for hydroxylation is 3. The van der Waals surface area contributed by atoms with Crippen LogP contribution >= 0.6 is 0 Å². The van der Waals surface area contributed by atoms with Crippen LogP contribution in [0.2, 0.25) is 0 Å². The van der Waals surface area contributed by atoms with E-state index in [1.165, 1.54) is 125 Å². The lowest BCUT2D eigenvalue weighted by Crippen LogP contribution is -2.61. The van der Waals surface area contributed by atoms with E-state index in [1.54, 1.807) is 0 Å². The number of fused-ring (bicyclic) bond motifs is 6. The van der Waals surface area contributed by atoms with Crippen molar-refractivity contribution >= 4 is 57.2 Å². The van der Waals surface area contributed by atoms with Crippen molar-refractivity contribution in [2.45, 2.75) is 117 Å². The van der Waals surface area contributed by atoms with Crippen molar-refractivity contribution < 1.29 is 0 Å². The third kappa shape index (κ3) is 6.05. The summed E-state index contributed by atoms with van der Waals surface area (Å²) in [6, 6.07) is 51.6. The van der Waals surface area contributed by atoms with E-state index in [2.05, 4.69) is 219 Å². The van der Waals surface area contributed by atoms with Gasteiger partial charge in [0.25, 0.3) is 6.71 Å². The highest BCUT2D eigenvalue weighted by atomic mass is 15.2. The zero-order valence-corrected chi connectivity index (χ0v) is 39.3. The molecule has 11 rings (SSSR count). The molecule has 0 saturated heterocycles. The minimum Gasteiger partial charge on any atom is -0.311 e. The molecule has 0 radical (unpaired) electrons. The maximum atomic E-state index is 2.71. The Kier molecular flexibility index (Phi) is 8.64. The minimum atomic E-state index is 0.0555. The number of rotatable bonds is 4. The van der Waals surface area contributed by atoms with Gasteiger partial charge in [0.05, 0.1) is 0 Å². The van der Waals surface area contributed by atoms with Gasteiger partial charge in [0.2, 0.25) is 0 Å². The molecule has 0 fully saturated rings. The summed E-state index contributed by atoms with van der Waals surface area (Å²) in [5, 5.41) is 0. The quantitative estimate of drug-likeness (QED) is 0.163. The average molecular weight is 821 g/mol. The predicted octanol–water partition coefficient (Wildman–Crippen LogP) is 14.3. The van der Waals surface area contributed by atoms with E-state index in [4.69, 9.17) is 0 Å². The normalized spacial score (nSPS) is 18.0. The Balaban J connectivity index is 1.23. The van der Waals surface area contributed by atoms with Crippen LogP contribution in [-0.2, 0) is 21.7 Å². The smallest absolute Gasteiger partial charge is 0.252 e. The largest absolute Gasteiger partial charge is 0.311 e. The van der Waals surface area contributed by atoms with Crippen molar-refractivity contribution in [3.63, 3.8) is 0 Å². The fourth-order valence-corrected chi connectivity index (χ4v) is 12.6. The number of anilines is 6. The van der Waals surface area contributed by atoms with Gasteiger partial charge in [-0.05, 0) is 182 Å². The molecule has 4 aliphatic rings. The SMILES string of the molecule is Cc1cc2c3c(c1)N(c1cc4c(cc1C)C(C)(C)CCC4(C)C)c1cc4c(cc1B3c1ccc(-c3ccccc3)cc1N2c1ccc(-c2ccccc2)cc1C)C(C)(C)CC4(C)C. The van der Waals surface area contributed by atoms with Gasteiger partial charge < -0.3 is 9.80 Å². The zero-order valence-electron chi connectivity index (χ0n) is 39.3. The molecule has 2 heterocycles. The number of hydrogen-bond acceptors (Lipinski definition) is 2. The highest BCUT2D eigenvalue weighted by Gasteiger charge is 2.49. The Morgan fingerprint density at radius 1 is 0.381 bits per heavy atom. The first-order chi connectivity index (χ1) is 29.9. The van der Waals surface area contributed by atoms with Crippen LogP contribution in [0.3, 0.4) is 0 Å². The fourth-order valence-electron chi connectivity index (χ4n) is 12.6. The van der Waals surface area contributed by atoms with E-state index in [9.17, 15) is 0 Å². The number of benzene rings is 7. The number of nitrogens with zero attached hydrogens (tertiary/aromatic N) is 2. The van der Waals surface area contributed by atoms with Crippen LogP contribution in [0, 0.1) is 20.8 Å². The molecule has 63 heavy (non-hydrogen) atoms. The summed E-state index contributed by atoms with van der Waals surface area (Å²) in [6.45, 7) is 26.7. The topological polar surface area (TPSA) is 6.48 Å². The molecule has 2 aliphatic carbocycles. The fraction of sp³-hybridized carbons (Fsp3) is 0.300. The molecule has 0 amide bonds. The van der Waals surface area contributed by atoms with Crippen molar-refractivity contribution in [2.24, 2.45) is 0 Å². The molecule has 3 heteroatoms. The molecular weight excluding hydrogens is 759 g/mol. The summed E-state index contributed by atoms with van der Waals surface area (Å²) in [4.78, 5) is 5.32. The third-order valence-electron chi connectivity index (χ3n) is 15.8. The molecule has 0 N–H and O–H groups in total. The number of hydrogen-bond donors (Lipinski definition) is 0. The maximum Gasteiger partial charge on any atom is 0.252 e. The van der Waals surface area contributed by atoms with Gasteiger partial charge in [-0.2, -0.15) is 0 Å². The van der Waals surface area contributed by atoms with Gasteiger partial charge in [0.15, 0.2) is 0 Å². The van der Waals surface area contributed by atoms with E-state index in [1.807, 2.05) is 0 Å². The molecule has 2 nitrogen and oxygen atoms in total. The summed E-state index contributed by atoms with van der Waals surface area (Å²) in [7, 11) is 0. The van der Waals surface area contributed by atoms with E-state index < -0.39 is 0 Å². The van der Waals surface area contributed by atoms with Crippen LogP contribution < -0.4 is 26.2 Å². The van der Waals surface area contributed by atoms with E-state index >= 15 is 0 Å². The summed E-state index contributed by atoms with van der Waals surface area (Å²) in [5.74, 6) is 0. The second-order valence-electron chi connectivity index (χ2n) is 22.2. The second kappa shape index (κ2) is 13.6. The van der Waals surface area contributed by atoms with Crippen molar-refractivity contribution in [3.05, 3.63) is 172 Å². The van der Waals surface area contributed by atoms with Crippen molar-refractivity contribution in [2.75, 3.05) is 9.80 Å². The van der Waals surface area contributed by atoms with Crippen LogP contribution in [-0.4, -0.2) is 6.71 Å². The van der Waals surface area contributed by atoms with Crippen LogP contribution in [0.5, 0.6) is 0 Å². The van der Waals surface area contributed by atoms with Gasteiger partial charge >= 0.3 is 0 Å². The molecule has 7 aromatic rings. The Morgan fingerprint density at radius 2 is 0.857 bits per heavy atom. The standard InChI is InChI=1S/C60H61BN2/c1-37-28-54-56-55(29-37)63(51-34-46-44(31-39(51)3)57(4,5)26-27-58(46,6)7)53-35-47-45(59(8,9)36-60(47,10)11)33-49(53)61(56)48-24-22-43(41-20-16-13-17-21-41)32-52(48)62(54)50-25-23-42(30-38(50)2)40-18-14-12-15-19-40/h12-25,28-35H,26-27,36H2,1-11H3. The van der Waals surface area contributed by atoms with E-state index in [0.29, 0.717) is 0 Å². The molecule has 0 aromatic heterocycles. The zero-order chi connectivity index (χ0) is 44.0. The first kappa shape index (κ1) is 40.0. The van der Waals surface area contributed by atoms with Crippen LogP contribution in [0.15, 0.2) is 133 Å². The lowest BCUT2D eigenvalue weighted by atomic mass is 9.33. The molecule has 0 saturated carbocycles. The van der Waals surface area contributed by atoms with Crippen LogP contribution in [0.25, 0.3) is 22.3 Å². The average Bonchev–Trinajstić information content (AvgIpc) is 3.44. The van der Waals surface area contributed by atoms with Crippen molar-refractivity contribution in [1.29, 1.82) is 0 Å². The molecule has 0 unspecified atom stereocenters. The van der Waals surface area contributed by atoms with Crippen molar-refractivity contribution in [1.82, 2.24) is 0 Å². The summed E-state index contributed by atoms with van der Waals surface area (Å²) < 4.78 is 0. The van der Waals surface area contributed by atoms with Gasteiger partial charge in [0, 0.05) is 34.1 Å². The highest BCUT2D eigenvalue weighted by Crippen LogP contribution is 2.55. The summed E-state index contributed by atoms with van der Waals surface area (Å²) >= 11 is 0. The monoisotopic (exact) mass is 820 g/mol. The molecule has 314 valence electrons. The Morgan fingerprint density at radius 3 is 1.46 bits per heavy atom. The summed E-state index contributed by atoms with van der Waals surface area (Å²) in [5.41, 5.74) is 27.0. The van der Waals surface area contributed by atoms with Gasteiger partial charge in [0.1, 0.15) is 0 Å². The second-order valence-corrected chi connectivity index (χ2v) is 22.2. The van der Waals surface area contributed by atoms with Crippen LogP contribution in [0.1, 0.15) is 114 Å². The highest BCUT2D eigenvalue weighted by molar-refractivity contribution is 7.00. The molecule has 0 atom stereocenters. The Bertz CT molecular complexity index is 3020. The lowest BCUT2D eigenvalue weighted by molar-refractivity contribution is 0.332. The maximum absolute atomic E-state index is 2.71. The molecule has 2 aliphatic heterocycles. The van der Waals surface area contributed by atoms with E-state index in [0.717, 1.165) is 6.42 Å². The third-order valence-corrected chi connectivity index (χ3v) is 15.8. The lowest BCUT2D eigenvalue weighted by Gasteiger charge is -2.46.